The third-order valence-corrected chi connectivity index (χ3v) is 5.39. The summed E-state index contributed by atoms with van der Waals surface area (Å²) in [6.45, 7) is 1.06. The van der Waals surface area contributed by atoms with Gasteiger partial charge < -0.3 is 31.1 Å². The number of hydrogen-bond acceptors (Lipinski definition) is 7. The Balaban J connectivity index is 2.43. The van der Waals surface area contributed by atoms with Gasteiger partial charge in [-0.2, -0.15) is 4.79 Å². The van der Waals surface area contributed by atoms with Crippen LogP contribution in [0, 0.1) is 10.4 Å². The third kappa shape index (κ3) is 1.92. The summed E-state index contributed by atoms with van der Waals surface area (Å²) in [4.78, 5) is 29.0. The standard InChI is InChI=1S/C18H14N2O7/c1-18(27)16(25)11-9(15(24)17(18)26)8-10(12(11)20-19)14(23)7-5(13(8)22)3-2-4-6(7)21/h2-4,15-17,21,24-27H,1H3/t15-,16+,17-,18+/m0/s1. The van der Waals surface area contributed by atoms with Gasteiger partial charge in [0, 0.05) is 16.2 Å². The maximum absolute atomic E-state index is 13.0. The molecule has 0 unspecified atom stereocenters. The molecule has 138 valence electrons. The number of aliphatic hydroxyl groups excluding tert-OH is 3. The minimum absolute atomic E-state index is 0.127. The molecule has 4 atom stereocenters. The molecule has 0 radical (unpaired) electrons. The van der Waals surface area contributed by atoms with Crippen LogP contribution in [0.15, 0.2) is 27.8 Å². The van der Waals surface area contributed by atoms with E-state index in [4.69, 9.17) is 0 Å². The van der Waals surface area contributed by atoms with Crippen LogP contribution in [0.2, 0.25) is 0 Å². The van der Waals surface area contributed by atoms with Crippen LogP contribution in [0.3, 0.4) is 0 Å². The van der Waals surface area contributed by atoms with Crippen molar-refractivity contribution in [3.63, 3.8) is 0 Å². The molecule has 3 aliphatic rings. The maximum Gasteiger partial charge on any atom is 0.333 e. The Bertz CT molecular complexity index is 1360. The van der Waals surface area contributed by atoms with Gasteiger partial charge >= 0.3 is 5.36 Å². The highest BCUT2D eigenvalue weighted by Crippen LogP contribution is 2.42. The molecule has 9 nitrogen and oxygen atoms in total. The molecule has 4 rings (SSSR count). The molecule has 0 spiro atoms. The fourth-order valence-electron chi connectivity index (χ4n) is 3.95. The van der Waals surface area contributed by atoms with E-state index >= 15 is 0 Å². The van der Waals surface area contributed by atoms with Crippen LogP contribution in [0.5, 0.6) is 5.75 Å². The molecule has 3 aliphatic carbocycles. The van der Waals surface area contributed by atoms with E-state index in [0.29, 0.717) is 0 Å². The quantitative estimate of drug-likeness (QED) is 0.229. The summed E-state index contributed by atoms with van der Waals surface area (Å²) in [5.41, 5.74) is 5.04. The molecule has 0 saturated heterocycles. The first kappa shape index (κ1) is 17.5. The maximum atomic E-state index is 13.0. The van der Waals surface area contributed by atoms with Crippen LogP contribution in [0.1, 0.15) is 30.3 Å². The second-order valence-corrected chi connectivity index (χ2v) is 6.90. The van der Waals surface area contributed by atoms with Crippen molar-refractivity contribution in [3.8, 4) is 5.75 Å². The molecule has 0 saturated carbocycles. The zero-order chi connectivity index (χ0) is 19.8. The van der Waals surface area contributed by atoms with Crippen molar-refractivity contribution in [3.05, 3.63) is 71.1 Å². The molecule has 5 N–H and O–H groups in total. The second-order valence-electron chi connectivity index (χ2n) is 6.90. The molecule has 0 heterocycles. The van der Waals surface area contributed by atoms with Crippen LogP contribution >= 0.6 is 0 Å². The minimum Gasteiger partial charge on any atom is -0.507 e. The van der Waals surface area contributed by atoms with Crippen molar-refractivity contribution in [2.24, 2.45) is 0 Å². The summed E-state index contributed by atoms with van der Waals surface area (Å²) in [5, 5.41) is 50.0. The van der Waals surface area contributed by atoms with Gasteiger partial charge in [-0.3, -0.25) is 9.59 Å². The van der Waals surface area contributed by atoms with E-state index in [1.165, 1.54) is 18.2 Å². The van der Waals surface area contributed by atoms with Crippen LogP contribution in [-0.2, 0) is 0 Å². The van der Waals surface area contributed by atoms with E-state index in [-0.39, 0.29) is 27.1 Å². The molecular weight excluding hydrogens is 356 g/mol. The predicted octanol–water partition coefficient (Wildman–Crippen LogP) is -1.81. The lowest BCUT2D eigenvalue weighted by molar-refractivity contribution is -0.184. The number of aliphatic hydroxyl groups is 4. The number of phenols is 1. The Kier molecular flexibility index (Phi) is 3.42. The van der Waals surface area contributed by atoms with Gasteiger partial charge in [-0.1, -0.05) is 12.1 Å². The number of aromatic hydroxyl groups is 1. The van der Waals surface area contributed by atoms with E-state index in [0.717, 1.165) is 6.92 Å². The lowest BCUT2D eigenvalue weighted by atomic mass is 9.76. The van der Waals surface area contributed by atoms with Gasteiger partial charge in [0.1, 0.15) is 34.9 Å². The average Bonchev–Trinajstić information content (AvgIpc) is 2.98. The van der Waals surface area contributed by atoms with E-state index in [1.807, 2.05) is 0 Å². The molecule has 0 amide bonds. The third-order valence-electron chi connectivity index (χ3n) is 5.39. The summed E-state index contributed by atoms with van der Waals surface area (Å²) in [6.07, 6.45) is -5.54. The largest absolute Gasteiger partial charge is 0.507 e. The zero-order valence-corrected chi connectivity index (χ0v) is 13.9. The van der Waals surface area contributed by atoms with Crippen LogP contribution in [-0.4, -0.2) is 42.0 Å². The van der Waals surface area contributed by atoms with Gasteiger partial charge in [0.2, 0.25) is 5.43 Å². The Morgan fingerprint density at radius 2 is 1.74 bits per heavy atom. The summed E-state index contributed by atoms with van der Waals surface area (Å²) in [6, 6.07) is 3.89. The van der Waals surface area contributed by atoms with Gasteiger partial charge in [-0.15, -0.1) is 0 Å². The van der Waals surface area contributed by atoms with Crippen LogP contribution < -0.4 is 16.2 Å². The normalized spacial score (nSPS) is 27.7. The van der Waals surface area contributed by atoms with Crippen LogP contribution in [0.4, 0.5) is 0 Å². The monoisotopic (exact) mass is 370 g/mol. The highest BCUT2D eigenvalue weighted by molar-refractivity contribution is 5.88. The summed E-state index contributed by atoms with van der Waals surface area (Å²) < 4.78 is 0. The molecule has 0 bridgehead atoms. The molecule has 0 aliphatic heterocycles. The smallest absolute Gasteiger partial charge is 0.333 e. The fraction of sp³-hybridized carbons (Fsp3) is 0.278. The summed E-state index contributed by atoms with van der Waals surface area (Å²) >= 11 is 0. The summed E-state index contributed by atoms with van der Waals surface area (Å²) in [7, 11) is 0. The lowest BCUT2D eigenvalue weighted by Gasteiger charge is -2.40. The van der Waals surface area contributed by atoms with Crippen molar-refractivity contribution in [2.45, 2.75) is 30.8 Å². The summed E-state index contributed by atoms with van der Waals surface area (Å²) in [5.74, 6) is -0.451. The number of phenolic OH excluding ortho intramolecular Hbond substituents is 1. The van der Waals surface area contributed by atoms with E-state index in [1.54, 1.807) is 0 Å². The molecule has 1 aromatic rings. The Morgan fingerprint density at radius 1 is 1.07 bits per heavy atom. The molecule has 0 fully saturated rings. The fourth-order valence-corrected chi connectivity index (χ4v) is 3.95. The minimum atomic E-state index is -2.23. The van der Waals surface area contributed by atoms with Crippen molar-refractivity contribution in [1.29, 1.82) is 0 Å². The van der Waals surface area contributed by atoms with Gasteiger partial charge in [0.15, 0.2) is 5.43 Å². The SMILES string of the molecule is C[C@@]1(O)[C@H](O)c2c(c3c(=O)c4cccc(O)c4c(=O)c=3c2=[N+]=[N-])[C@H](O)[C@@H]1O. The van der Waals surface area contributed by atoms with Crippen molar-refractivity contribution in [2.75, 3.05) is 0 Å². The Labute approximate surface area is 149 Å². The van der Waals surface area contributed by atoms with Crippen molar-refractivity contribution < 1.29 is 30.3 Å². The van der Waals surface area contributed by atoms with Crippen molar-refractivity contribution in [1.82, 2.24) is 0 Å². The Morgan fingerprint density at radius 3 is 2.37 bits per heavy atom. The predicted molar refractivity (Wildman–Crippen MR) is 89.1 cm³/mol. The molecule has 27 heavy (non-hydrogen) atoms. The molecule has 1 aromatic carbocycles. The molecular formula is C18H14N2O7. The number of hydrogen-bond donors (Lipinski definition) is 5. The Hall–Kier alpha value is -2.94. The van der Waals surface area contributed by atoms with E-state index in [2.05, 4.69) is 4.79 Å². The number of fused-ring (bicyclic) bond motifs is 3. The highest BCUT2D eigenvalue weighted by Gasteiger charge is 2.52. The van der Waals surface area contributed by atoms with Crippen LogP contribution in [0.25, 0.3) is 16.3 Å². The number of benzene rings is 1. The van der Waals surface area contributed by atoms with Gasteiger partial charge in [-0.05, 0) is 13.0 Å². The first-order chi connectivity index (χ1) is 12.6. The van der Waals surface area contributed by atoms with Gasteiger partial charge in [0.05, 0.1) is 10.9 Å². The van der Waals surface area contributed by atoms with Gasteiger partial charge in [0.25, 0.3) is 0 Å². The average molecular weight is 370 g/mol. The lowest BCUT2D eigenvalue weighted by Crippen LogP contribution is -2.52. The van der Waals surface area contributed by atoms with E-state index in [9.17, 15) is 40.7 Å². The van der Waals surface area contributed by atoms with Crippen molar-refractivity contribution >= 4 is 10.8 Å². The molecule has 0 aromatic heterocycles. The zero-order valence-electron chi connectivity index (χ0n) is 13.9. The number of nitrogens with zero attached hydrogens (tertiary/aromatic N) is 2. The highest BCUT2D eigenvalue weighted by atomic mass is 16.4. The first-order valence-electron chi connectivity index (χ1n) is 8.04. The number of rotatable bonds is 0. The van der Waals surface area contributed by atoms with Gasteiger partial charge in [-0.25, -0.2) is 0 Å². The second kappa shape index (κ2) is 5.29. The topological polar surface area (TPSA) is 172 Å². The molecule has 9 heteroatoms. The first-order valence-corrected chi connectivity index (χ1v) is 8.04. The van der Waals surface area contributed by atoms with E-state index < -0.39 is 51.1 Å².